The second-order valence-corrected chi connectivity index (χ2v) is 4.20. The van der Waals surface area contributed by atoms with Gasteiger partial charge in [0.1, 0.15) is 21.3 Å². The molecular weight excluding hydrogens is 214 g/mol. The van der Waals surface area contributed by atoms with E-state index in [0.717, 1.165) is 11.3 Å². The van der Waals surface area contributed by atoms with E-state index in [2.05, 4.69) is 9.97 Å². The molecule has 0 spiro atoms. The molecule has 0 atom stereocenters. The van der Waals surface area contributed by atoms with Crippen molar-refractivity contribution in [1.29, 1.82) is 0 Å². The number of carbonyl (C=O) groups is 1. The fourth-order valence-corrected chi connectivity index (χ4v) is 2.56. The number of rotatable bonds is 1. The van der Waals surface area contributed by atoms with E-state index in [1.165, 1.54) is 0 Å². The molecule has 15 heavy (non-hydrogen) atoms. The molecule has 0 saturated heterocycles. The van der Waals surface area contributed by atoms with Gasteiger partial charge in [0.05, 0.1) is 5.39 Å². The van der Waals surface area contributed by atoms with Crippen LogP contribution < -0.4 is 5.73 Å². The zero-order valence-electron chi connectivity index (χ0n) is 8.24. The molecule has 3 N–H and O–H groups in total. The van der Waals surface area contributed by atoms with Crippen molar-refractivity contribution >= 4 is 33.3 Å². The molecule has 78 valence electrons. The summed E-state index contributed by atoms with van der Waals surface area (Å²) in [6.07, 6.45) is 0. The number of fused-ring (bicyclic) bond motifs is 1. The van der Waals surface area contributed by atoms with Gasteiger partial charge in [0.2, 0.25) is 0 Å². The fraction of sp³-hybridized carbons (Fsp3) is 0.222. The summed E-state index contributed by atoms with van der Waals surface area (Å²) in [6, 6.07) is 0. The fourth-order valence-electron chi connectivity index (χ4n) is 1.48. The molecule has 6 heteroatoms. The van der Waals surface area contributed by atoms with E-state index in [4.69, 9.17) is 10.8 Å². The Hall–Kier alpha value is -1.69. The first-order valence-corrected chi connectivity index (χ1v) is 5.09. The molecule has 2 aromatic rings. The SMILES string of the molecule is Cc1nc(N)c2c(C)c(C(=O)O)sc2n1. The van der Waals surface area contributed by atoms with Crippen LogP contribution in [0, 0.1) is 13.8 Å². The number of carboxylic acid groups (broad SMARTS) is 1. The predicted octanol–water partition coefficient (Wildman–Crippen LogP) is 1.59. The van der Waals surface area contributed by atoms with Crippen LogP contribution in [-0.2, 0) is 0 Å². The van der Waals surface area contributed by atoms with E-state index < -0.39 is 5.97 Å². The first-order valence-electron chi connectivity index (χ1n) is 4.27. The Bertz CT molecular complexity index is 562. The van der Waals surface area contributed by atoms with Gasteiger partial charge in [-0.25, -0.2) is 14.8 Å². The molecule has 2 heterocycles. The van der Waals surface area contributed by atoms with Gasteiger partial charge in [0.15, 0.2) is 0 Å². The summed E-state index contributed by atoms with van der Waals surface area (Å²) in [6.45, 7) is 3.45. The lowest BCUT2D eigenvalue weighted by molar-refractivity contribution is 0.0701. The average Bonchev–Trinajstić information content (AvgIpc) is 2.42. The van der Waals surface area contributed by atoms with Crippen molar-refractivity contribution < 1.29 is 9.90 Å². The first kappa shape index (κ1) is 9.85. The van der Waals surface area contributed by atoms with Gasteiger partial charge in [0.25, 0.3) is 0 Å². The van der Waals surface area contributed by atoms with Crippen molar-refractivity contribution in [2.24, 2.45) is 0 Å². The lowest BCUT2D eigenvalue weighted by Gasteiger charge is -1.98. The number of carboxylic acids is 1. The summed E-state index contributed by atoms with van der Waals surface area (Å²) in [4.78, 5) is 20.0. The van der Waals surface area contributed by atoms with Crippen LogP contribution in [0.1, 0.15) is 21.1 Å². The van der Waals surface area contributed by atoms with Crippen LogP contribution >= 0.6 is 11.3 Å². The number of aromatic nitrogens is 2. The predicted molar refractivity (Wildman–Crippen MR) is 58.3 cm³/mol. The minimum atomic E-state index is -0.951. The molecular formula is C9H9N3O2S. The van der Waals surface area contributed by atoms with E-state index in [1.807, 2.05) is 0 Å². The third kappa shape index (κ3) is 1.42. The third-order valence-corrected chi connectivity index (χ3v) is 3.30. The second kappa shape index (κ2) is 3.16. The zero-order valence-corrected chi connectivity index (χ0v) is 9.05. The van der Waals surface area contributed by atoms with Crippen molar-refractivity contribution in [3.63, 3.8) is 0 Å². The highest BCUT2D eigenvalue weighted by atomic mass is 32.1. The van der Waals surface area contributed by atoms with Crippen LogP contribution in [0.2, 0.25) is 0 Å². The normalized spacial score (nSPS) is 10.8. The van der Waals surface area contributed by atoms with Crippen LogP contribution in [0.4, 0.5) is 5.82 Å². The lowest BCUT2D eigenvalue weighted by Crippen LogP contribution is -1.97. The summed E-state index contributed by atoms with van der Waals surface area (Å²) >= 11 is 1.13. The molecule has 0 bridgehead atoms. The lowest BCUT2D eigenvalue weighted by atomic mass is 10.2. The first-order chi connectivity index (χ1) is 7.00. The molecule has 0 aromatic carbocycles. The molecule has 0 radical (unpaired) electrons. The van der Waals surface area contributed by atoms with Crippen molar-refractivity contribution in [3.05, 3.63) is 16.3 Å². The molecule has 0 aliphatic carbocycles. The molecule has 0 fully saturated rings. The van der Waals surface area contributed by atoms with Gasteiger partial charge in [0, 0.05) is 0 Å². The Morgan fingerprint density at radius 1 is 1.40 bits per heavy atom. The van der Waals surface area contributed by atoms with Crippen LogP contribution in [0.3, 0.4) is 0 Å². The van der Waals surface area contributed by atoms with Gasteiger partial charge < -0.3 is 10.8 Å². The zero-order chi connectivity index (χ0) is 11.2. The van der Waals surface area contributed by atoms with Gasteiger partial charge in [-0.3, -0.25) is 0 Å². The molecule has 2 aromatic heterocycles. The number of nitrogens with zero attached hydrogens (tertiary/aromatic N) is 2. The summed E-state index contributed by atoms with van der Waals surface area (Å²) in [5.41, 5.74) is 6.37. The average molecular weight is 223 g/mol. The van der Waals surface area contributed by atoms with Crippen molar-refractivity contribution in [2.45, 2.75) is 13.8 Å². The number of aryl methyl sites for hydroxylation is 2. The molecule has 0 unspecified atom stereocenters. The Morgan fingerprint density at radius 3 is 2.67 bits per heavy atom. The van der Waals surface area contributed by atoms with Gasteiger partial charge >= 0.3 is 5.97 Å². The smallest absolute Gasteiger partial charge is 0.346 e. The minimum absolute atomic E-state index is 0.275. The number of aromatic carboxylic acids is 1. The Morgan fingerprint density at radius 2 is 2.07 bits per heavy atom. The Balaban J connectivity index is 2.88. The minimum Gasteiger partial charge on any atom is -0.477 e. The Labute approximate surface area is 89.6 Å². The van der Waals surface area contributed by atoms with Crippen molar-refractivity contribution in [3.8, 4) is 0 Å². The maximum absolute atomic E-state index is 10.9. The van der Waals surface area contributed by atoms with E-state index >= 15 is 0 Å². The number of anilines is 1. The quantitative estimate of drug-likeness (QED) is 0.766. The van der Waals surface area contributed by atoms with Crippen molar-refractivity contribution in [2.75, 3.05) is 5.73 Å². The highest BCUT2D eigenvalue weighted by Crippen LogP contribution is 2.32. The van der Waals surface area contributed by atoms with Crippen LogP contribution in [-0.4, -0.2) is 21.0 Å². The van der Waals surface area contributed by atoms with E-state index in [1.54, 1.807) is 13.8 Å². The Kier molecular flexibility index (Phi) is 2.08. The van der Waals surface area contributed by atoms with Gasteiger partial charge in [-0.1, -0.05) is 0 Å². The molecule has 0 aliphatic heterocycles. The highest BCUT2D eigenvalue weighted by Gasteiger charge is 2.17. The molecule has 0 saturated carbocycles. The highest BCUT2D eigenvalue weighted by molar-refractivity contribution is 7.20. The van der Waals surface area contributed by atoms with E-state index in [9.17, 15) is 4.79 Å². The maximum atomic E-state index is 10.9. The number of thiophene rings is 1. The maximum Gasteiger partial charge on any atom is 0.346 e. The number of hydrogen-bond acceptors (Lipinski definition) is 5. The number of hydrogen-bond donors (Lipinski definition) is 2. The topological polar surface area (TPSA) is 89.1 Å². The van der Waals surface area contributed by atoms with Gasteiger partial charge in [-0.05, 0) is 19.4 Å². The summed E-state index contributed by atoms with van der Waals surface area (Å²) in [7, 11) is 0. The summed E-state index contributed by atoms with van der Waals surface area (Å²) in [5.74, 6) is -0.0514. The van der Waals surface area contributed by atoms with E-state index in [0.29, 0.717) is 27.4 Å². The third-order valence-electron chi connectivity index (χ3n) is 2.12. The van der Waals surface area contributed by atoms with Crippen LogP contribution in [0.5, 0.6) is 0 Å². The molecule has 0 amide bonds. The monoisotopic (exact) mass is 223 g/mol. The number of nitrogen functional groups attached to an aromatic ring is 1. The number of nitrogens with two attached hydrogens (primary N) is 1. The van der Waals surface area contributed by atoms with Crippen molar-refractivity contribution in [1.82, 2.24) is 9.97 Å². The van der Waals surface area contributed by atoms with Gasteiger partial charge in [-0.15, -0.1) is 11.3 Å². The van der Waals surface area contributed by atoms with Gasteiger partial charge in [-0.2, -0.15) is 0 Å². The van der Waals surface area contributed by atoms with Crippen LogP contribution in [0.15, 0.2) is 0 Å². The molecule has 0 aliphatic rings. The molecule has 2 rings (SSSR count). The second-order valence-electron chi connectivity index (χ2n) is 3.20. The molecule has 5 nitrogen and oxygen atoms in total. The van der Waals surface area contributed by atoms with E-state index in [-0.39, 0.29) is 4.88 Å². The standard InChI is InChI=1S/C9H9N3O2S/c1-3-5-7(10)11-4(2)12-8(5)15-6(3)9(13)14/h1-2H3,(H,13,14)(H2,10,11,12). The summed E-state index contributed by atoms with van der Waals surface area (Å²) < 4.78 is 0. The van der Waals surface area contributed by atoms with Crippen LogP contribution in [0.25, 0.3) is 10.2 Å². The summed E-state index contributed by atoms with van der Waals surface area (Å²) in [5, 5.41) is 9.60. The largest absolute Gasteiger partial charge is 0.477 e.